The van der Waals surface area contributed by atoms with E-state index in [0.29, 0.717) is 19.6 Å². The van der Waals surface area contributed by atoms with E-state index in [0.717, 1.165) is 110 Å². The number of nitrogens with one attached hydrogen (secondary N) is 4. The Kier molecular flexibility index (Phi) is 28.0. The fourth-order valence-corrected chi connectivity index (χ4v) is 6.34. The Labute approximate surface area is 325 Å². The number of rotatable bonds is 34. The number of hydrogen-bond donors (Lipinski definition) is 13. The molecule has 13 N–H and O–H groups in total. The Balaban J connectivity index is 1.55. The first-order valence-electron chi connectivity index (χ1n) is 20.2. The second-order valence-corrected chi connectivity index (χ2v) is 14.3. The number of nitrogens with zero attached hydrogens (tertiary/aromatic N) is 1. The van der Waals surface area contributed by atoms with Crippen molar-refractivity contribution in [2.24, 2.45) is 0 Å². The highest BCUT2D eigenvalue weighted by Gasteiger charge is 2.45. The van der Waals surface area contributed by atoms with Crippen molar-refractivity contribution in [2.75, 3.05) is 98.4 Å². The smallest absolute Gasteiger partial charge is 0.303 e. The quantitative estimate of drug-likeness (QED) is 0.0279. The lowest BCUT2D eigenvalue weighted by molar-refractivity contribution is -0.303. The van der Waals surface area contributed by atoms with Gasteiger partial charge in [0.25, 0.3) is 0 Å². The molecular weight excluding hydrogens is 726 g/mol. The van der Waals surface area contributed by atoms with Gasteiger partial charge in [0.05, 0.1) is 26.4 Å². The average molecular weight is 800 g/mol. The fraction of sp³-hybridized carbons (Fsp3) is 0.972. The maximum atomic E-state index is 10.5. The van der Waals surface area contributed by atoms with Crippen molar-refractivity contribution in [3.63, 3.8) is 0 Å². The van der Waals surface area contributed by atoms with Crippen LogP contribution < -0.4 is 21.3 Å². The highest BCUT2D eigenvalue weighted by Crippen LogP contribution is 2.23. The molecule has 2 fully saturated rings. The van der Waals surface area contributed by atoms with Gasteiger partial charge in [-0.1, -0.05) is 19.3 Å². The second kappa shape index (κ2) is 30.8. The minimum atomic E-state index is -1.54. The molecule has 2 aliphatic rings. The summed E-state index contributed by atoms with van der Waals surface area (Å²) in [6, 6.07) is 0. The molecule has 19 nitrogen and oxygen atoms in total. The van der Waals surface area contributed by atoms with E-state index in [4.69, 9.17) is 24.1 Å². The molecule has 2 saturated heterocycles. The summed E-state index contributed by atoms with van der Waals surface area (Å²) in [5.41, 5.74) is 0. The van der Waals surface area contributed by atoms with Gasteiger partial charge in [0, 0.05) is 45.7 Å². The van der Waals surface area contributed by atoms with Crippen LogP contribution in [0.1, 0.15) is 64.2 Å². The van der Waals surface area contributed by atoms with Crippen LogP contribution in [0.15, 0.2) is 0 Å². The normalized spacial score (nSPS) is 28.6. The van der Waals surface area contributed by atoms with E-state index in [-0.39, 0.29) is 19.6 Å². The van der Waals surface area contributed by atoms with Crippen LogP contribution in [-0.4, -0.2) is 217 Å². The number of carboxylic acids is 1. The molecule has 2 aliphatic heterocycles. The highest BCUT2D eigenvalue weighted by atomic mass is 16.7. The van der Waals surface area contributed by atoms with Crippen molar-refractivity contribution in [1.82, 2.24) is 26.2 Å². The molecule has 2 heterocycles. The molecule has 0 aromatic heterocycles. The van der Waals surface area contributed by atoms with Gasteiger partial charge in [-0.2, -0.15) is 0 Å². The number of aliphatic carboxylic acids is 1. The van der Waals surface area contributed by atoms with E-state index in [9.17, 15) is 45.6 Å². The third-order valence-corrected chi connectivity index (χ3v) is 9.81. The molecule has 0 aromatic carbocycles. The molecular formula is C36H73N5O14. The van der Waals surface area contributed by atoms with E-state index in [2.05, 4.69) is 21.3 Å². The standard InChI is InChI=1S/C36H73N5O14/c42-24-26-29(46)31(48)33(50)35(54-26)52-22-20-41(21-23-53-36-34(51)32(49)30(47)27(25-43)55-36)19-9-2-1-5-11-37-13-7-8-14-39-16-18-40-17-15-38-12-6-3-4-10-28(44)45/h26-27,29-40,42-43,46-51H,1-25H2,(H,44,45)/t26-,27-,29-,30-,31+,32+,33+,34+,35+,36+/m1/s1. The summed E-state index contributed by atoms with van der Waals surface area (Å²) in [4.78, 5) is 12.5. The molecule has 19 heteroatoms. The summed E-state index contributed by atoms with van der Waals surface area (Å²) in [7, 11) is 0. The lowest BCUT2D eigenvalue weighted by atomic mass is 9.99. The van der Waals surface area contributed by atoms with Crippen molar-refractivity contribution in [2.45, 2.75) is 126 Å². The molecule has 0 aliphatic carbocycles. The minimum Gasteiger partial charge on any atom is -0.481 e. The zero-order chi connectivity index (χ0) is 40.3. The number of unbranched alkanes of at least 4 members (excludes halogenated alkanes) is 6. The van der Waals surface area contributed by atoms with Crippen molar-refractivity contribution in [3.05, 3.63) is 0 Å². The van der Waals surface area contributed by atoms with Crippen LogP contribution in [-0.2, 0) is 23.7 Å². The van der Waals surface area contributed by atoms with Gasteiger partial charge in [-0.3, -0.25) is 9.69 Å². The lowest BCUT2D eigenvalue weighted by Gasteiger charge is -2.40. The molecule has 0 spiro atoms. The Hall–Kier alpha value is -1.21. The maximum absolute atomic E-state index is 10.5. The Morgan fingerprint density at radius 2 is 0.873 bits per heavy atom. The van der Waals surface area contributed by atoms with Gasteiger partial charge in [-0.15, -0.1) is 0 Å². The zero-order valence-electron chi connectivity index (χ0n) is 32.5. The SMILES string of the molecule is O=C(O)CCCCCNCCNCCNCCCCNCCCCCCN(CCO[C@H]1O[C@H](CO)[C@@H](O)[C@H](O)[C@@H]1O)CCO[C@H]1O[C@H](CO)[C@@H](O)[C@H](O)[C@@H]1O. The van der Waals surface area contributed by atoms with Crippen LogP contribution >= 0.6 is 0 Å². The molecule has 0 saturated carbocycles. The van der Waals surface area contributed by atoms with Gasteiger partial charge >= 0.3 is 5.97 Å². The lowest BCUT2D eigenvalue weighted by Crippen LogP contribution is -2.59. The molecule has 10 atom stereocenters. The number of hydrogen-bond acceptors (Lipinski definition) is 18. The predicted octanol–water partition coefficient (Wildman–Crippen LogP) is -3.73. The van der Waals surface area contributed by atoms with E-state index >= 15 is 0 Å². The summed E-state index contributed by atoms with van der Waals surface area (Å²) in [6.07, 6.45) is -4.56. The number of carbonyl (C=O) groups is 1. The number of aliphatic hydroxyl groups excluding tert-OH is 8. The highest BCUT2D eigenvalue weighted by molar-refractivity contribution is 5.66. The fourth-order valence-electron chi connectivity index (χ4n) is 6.34. The van der Waals surface area contributed by atoms with Crippen molar-refractivity contribution in [1.29, 1.82) is 0 Å². The summed E-state index contributed by atoms with van der Waals surface area (Å²) in [5, 5.41) is 102. The maximum Gasteiger partial charge on any atom is 0.303 e. The van der Waals surface area contributed by atoms with Gasteiger partial charge in [-0.25, -0.2) is 0 Å². The minimum absolute atomic E-state index is 0.0949. The van der Waals surface area contributed by atoms with Crippen LogP contribution in [0.25, 0.3) is 0 Å². The second-order valence-electron chi connectivity index (χ2n) is 14.3. The first-order chi connectivity index (χ1) is 26.6. The van der Waals surface area contributed by atoms with Gasteiger partial charge < -0.3 is 86.2 Å². The van der Waals surface area contributed by atoms with Crippen LogP contribution in [0.5, 0.6) is 0 Å². The zero-order valence-corrected chi connectivity index (χ0v) is 32.5. The monoisotopic (exact) mass is 800 g/mol. The largest absolute Gasteiger partial charge is 0.481 e. The topological polar surface area (TPSA) is 287 Å². The van der Waals surface area contributed by atoms with Crippen molar-refractivity contribution in [3.8, 4) is 0 Å². The van der Waals surface area contributed by atoms with Crippen molar-refractivity contribution >= 4 is 5.97 Å². The predicted molar refractivity (Wildman–Crippen MR) is 201 cm³/mol. The summed E-state index contributed by atoms with van der Waals surface area (Å²) in [5.74, 6) is -0.727. The summed E-state index contributed by atoms with van der Waals surface area (Å²) in [6.45, 7) is 8.01. The summed E-state index contributed by atoms with van der Waals surface area (Å²) >= 11 is 0. The molecule has 0 amide bonds. The van der Waals surface area contributed by atoms with E-state index in [1.165, 1.54) is 0 Å². The Bertz CT molecular complexity index is 905. The molecule has 0 aromatic rings. The Morgan fingerprint density at radius 3 is 1.31 bits per heavy atom. The van der Waals surface area contributed by atoms with Crippen LogP contribution in [0.4, 0.5) is 0 Å². The molecule has 55 heavy (non-hydrogen) atoms. The molecule has 326 valence electrons. The number of aliphatic hydroxyl groups is 8. The molecule has 0 bridgehead atoms. The van der Waals surface area contributed by atoms with E-state index in [1.54, 1.807) is 0 Å². The van der Waals surface area contributed by atoms with Crippen molar-refractivity contribution < 1.29 is 69.7 Å². The van der Waals surface area contributed by atoms with E-state index in [1.807, 2.05) is 4.90 Å². The van der Waals surface area contributed by atoms with Crippen LogP contribution in [0.3, 0.4) is 0 Å². The van der Waals surface area contributed by atoms with Crippen LogP contribution in [0.2, 0.25) is 0 Å². The third-order valence-electron chi connectivity index (χ3n) is 9.81. The Morgan fingerprint density at radius 1 is 0.491 bits per heavy atom. The molecule has 0 unspecified atom stereocenters. The van der Waals surface area contributed by atoms with Crippen LogP contribution in [0, 0.1) is 0 Å². The first-order valence-corrected chi connectivity index (χ1v) is 20.2. The van der Waals surface area contributed by atoms with Gasteiger partial charge in [0.15, 0.2) is 12.6 Å². The third kappa shape index (κ3) is 20.9. The number of ether oxygens (including phenoxy) is 4. The molecule has 0 radical (unpaired) electrons. The average Bonchev–Trinajstić information content (AvgIpc) is 3.17. The number of carboxylic acid groups (broad SMARTS) is 1. The summed E-state index contributed by atoms with van der Waals surface area (Å²) < 4.78 is 22.2. The van der Waals surface area contributed by atoms with Gasteiger partial charge in [-0.05, 0) is 71.2 Å². The van der Waals surface area contributed by atoms with Gasteiger partial charge in [0.1, 0.15) is 48.8 Å². The van der Waals surface area contributed by atoms with E-state index < -0.39 is 80.6 Å². The van der Waals surface area contributed by atoms with Gasteiger partial charge in [0.2, 0.25) is 0 Å². The molecule has 2 rings (SSSR count). The first kappa shape index (κ1) is 49.9.